The van der Waals surface area contributed by atoms with E-state index in [2.05, 4.69) is 10.6 Å². The Hall–Kier alpha value is -3.02. The molecule has 0 unspecified atom stereocenters. The molecule has 0 aliphatic heterocycles. The number of carbonyl (C=O) groups excluding carboxylic acids is 2. The molecule has 2 rings (SSSR count). The number of amides is 2. The monoisotopic (exact) mass is 342 g/mol. The van der Waals surface area contributed by atoms with E-state index in [1.165, 1.54) is 7.11 Å². The van der Waals surface area contributed by atoms with Crippen molar-refractivity contribution >= 4 is 17.5 Å². The van der Waals surface area contributed by atoms with Crippen molar-refractivity contribution in [2.24, 2.45) is 0 Å². The van der Waals surface area contributed by atoms with E-state index in [1.807, 2.05) is 19.1 Å². The number of ether oxygens (including phenoxy) is 2. The average Bonchev–Trinajstić information content (AvgIpc) is 2.63. The van der Waals surface area contributed by atoms with Crippen molar-refractivity contribution in [1.82, 2.24) is 5.32 Å². The van der Waals surface area contributed by atoms with Gasteiger partial charge in [-0.15, -0.1) is 0 Å². The maximum atomic E-state index is 12.2. The SMILES string of the molecule is CCOc1ccccc1NC(=O)CCNC(=O)c1ccccc1OC. The van der Waals surface area contributed by atoms with Gasteiger partial charge in [0.05, 0.1) is 25.0 Å². The number of benzene rings is 2. The predicted molar refractivity (Wildman–Crippen MR) is 96.2 cm³/mol. The number of carbonyl (C=O) groups is 2. The highest BCUT2D eigenvalue weighted by Gasteiger charge is 2.12. The molecular weight excluding hydrogens is 320 g/mol. The maximum Gasteiger partial charge on any atom is 0.255 e. The number of anilines is 1. The Kier molecular flexibility index (Phi) is 6.83. The average molecular weight is 342 g/mol. The summed E-state index contributed by atoms with van der Waals surface area (Å²) in [6.45, 7) is 2.62. The standard InChI is InChI=1S/C19H22N2O4/c1-3-25-17-11-7-5-9-15(17)21-18(22)12-13-20-19(23)14-8-4-6-10-16(14)24-2/h4-11H,3,12-13H2,1-2H3,(H,20,23)(H,21,22). The molecule has 132 valence electrons. The molecule has 0 heterocycles. The van der Waals surface area contributed by atoms with Gasteiger partial charge in [0.15, 0.2) is 0 Å². The Morgan fingerprint density at radius 2 is 1.68 bits per heavy atom. The van der Waals surface area contributed by atoms with Crippen LogP contribution in [0.2, 0.25) is 0 Å². The van der Waals surface area contributed by atoms with E-state index in [-0.39, 0.29) is 24.8 Å². The summed E-state index contributed by atoms with van der Waals surface area (Å²) in [5, 5.41) is 5.51. The molecule has 0 saturated carbocycles. The molecule has 2 aromatic carbocycles. The largest absolute Gasteiger partial charge is 0.496 e. The zero-order valence-corrected chi connectivity index (χ0v) is 14.4. The molecule has 25 heavy (non-hydrogen) atoms. The van der Waals surface area contributed by atoms with Crippen LogP contribution in [0.1, 0.15) is 23.7 Å². The summed E-state index contributed by atoms with van der Waals surface area (Å²) in [7, 11) is 1.51. The van der Waals surface area contributed by atoms with Crippen LogP contribution in [0.25, 0.3) is 0 Å². The summed E-state index contributed by atoms with van der Waals surface area (Å²) in [6.07, 6.45) is 0.154. The molecule has 0 fully saturated rings. The molecule has 0 spiro atoms. The first-order valence-corrected chi connectivity index (χ1v) is 8.08. The first-order valence-electron chi connectivity index (χ1n) is 8.08. The van der Waals surface area contributed by atoms with Gasteiger partial charge in [-0.1, -0.05) is 24.3 Å². The first-order chi connectivity index (χ1) is 12.2. The summed E-state index contributed by atoms with van der Waals surface area (Å²) in [4.78, 5) is 24.2. The van der Waals surface area contributed by atoms with Crippen LogP contribution in [0.15, 0.2) is 48.5 Å². The van der Waals surface area contributed by atoms with Crippen molar-refractivity contribution in [3.8, 4) is 11.5 Å². The second-order valence-electron chi connectivity index (χ2n) is 5.18. The molecule has 6 heteroatoms. The summed E-state index contributed by atoms with van der Waals surface area (Å²) in [5.74, 6) is 0.638. The zero-order chi connectivity index (χ0) is 18.1. The predicted octanol–water partition coefficient (Wildman–Crippen LogP) is 2.85. The lowest BCUT2D eigenvalue weighted by Gasteiger charge is -2.12. The molecule has 0 aliphatic carbocycles. The molecule has 0 aromatic heterocycles. The minimum atomic E-state index is -0.278. The lowest BCUT2D eigenvalue weighted by Crippen LogP contribution is -2.28. The smallest absolute Gasteiger partial charge is 0.255 e. The van der Waals surface area contributed by atoms with E-state index in [0.717, 1.165) is 0 Å². The van der Waals surface area contributed by atoms with Gasteiger partial charge >= 0.3 is 0 Å². The highest BCUT2D eigenvalue weighted by Crippen LogP contribution is 2.23. The molecule has 6 nitrogen and oxygen atoms in total. The van der Waals surface area contributed by atoms with Gasteiger partial charge in [-0.3, -0.25) is 9.59 Å². The zero-order valence-electron chi connectivity index (χ0n) is 14.4. The van der Waals surface area contributed by atoms with Gasteiger partial charge in [-0.05, 0) is 31.2 Å². The quantitative estimate of drug-likeness (QED) is 0.773. The van der Waals surface area contributed by atoms with Crippen molar-refractivity contribution in [2.75, 3.05) is 25.6 Å². The van der Waals surface area contributed by atoms with Crippen molar-refractivity contribution in [2.45, 2.75) is 13.3 Å². The number of nitrogens with one attached hydrogen (secondary N) is 2. The highest BCUT2D eigenvalue weighted by molar-refractivity contribution is 5.97. The topological polar surface area (TPSA) is 76.7 Å². The van der Waals surface area contributed by atoms with E-state index in [1.54, 1.807) is 36.4 Å². The van der Waals surface area contributed by atoms with Gasteiger partial charge in [0.2, 0.25) is 5.91 Å². The van der Waals surface area contributed by atoms with Gasteiger partial charge < -0.3 is 20.1 Å². The lowest BCUT2D eigenvalue weighted by molar-refractivity contribution is -0.116. The number of para-hydroxylation sites is 3. The van der Waals surface area contributed by atoms with Crippen LogP contribution in [-0.4, -0.2) is 32.1 Å². The van der Waals surface area contributed by atoms with Crippen LogP contribution in [-0.2, 0) is 4.79 Å². The molecule has 2 amide bonds. The Labute approximate surface area is 147 Å². The minimum absolute atomic E-state index is 0.154. The van der Waals surface area contributed by atoms with Gasteiger partial charge in [-0.25, -0.2) is 0 Å². The van der Waals surface area contributed by atoms with Gasteiger partial charge in [0.25, 0.3) is 5.91 Å². The Bertz CT molecular complexity index is 731. The summed E-state index contributed by atoms with van der Waals surface area (Å²) in [6, 6.07) is 14.2. The second kappa shape index (κ2) is 9.32. The summed E-state index contributed by atoms with van der Waals surface area (Å²) >= 11 is 0. The van der Waals surface area contributed by atoms with Gasteiger partial charge in [0.1, 0.15) is 11.5 Å². The van der Waals surface area contributed by atoms with E-state index in [0.29, 0.717) is 29.4 Å². The van der Waals surface area contributed by atoms with Crippen molar-refractivity contribution in [1.29, 1.82) is 0 Å². The summed E-state index contributed by atoms with van der Waals surface area (Å²) < 4.78 is 10.6. The van der Waals surface area contributed by atoms with Crippen LogP contribution in [0.4, 0.5) is 5.69 Å². The molecular formula is C19H22N2O4. The Balaban J connectivity index is 1.85. The molecule has 0 atom stereocenters. The second-order valence-corrected chi connectivity index (χ2v) is 5.18. The first kappa shape index (κ1) is 18.3. The van der Waals surface area contributed by atoms with Crippen molar-refractivity contribution in [3.63, 3.8) is 0 Å². The van der Waals surface area contributed by atoms with Gasteiger partial charge in [-0.2, -0.15) is 0 Å². The van der Waals surface area contributed by atoms with E-state index < -0.39 is 0 Å². The third-order valence-corrected chi connectivity index (χ3v) is 3.45. The number of hydrogen-bond donors (Lipinski definition) is 2. The third kappa shape index (κ3) is 5.24. The number of hydrogen-bond acceptors (Lipinski definition) is 4. The number of methoxy groups -OCH3 is 1. The fourth-order valence-electron chi connectivity index (χ4n) is 2.28. The molecule has 0 saturated heterocycles. The lowest BCUT2D eigenvalue weighted by atomic mass is 10.2. The maximum absolute atomic E-state index is 12.2. The summed E-state index contributed by atoms with van der Waals surface area (Å²) in [5.41, 5.74) is 1.05. The molecule has 0 radical (unpaired) electrons. The number of rotatable bonds is 8. The van der Waals surface area contributed by atoms with Crippen LogP contribution in [0, 0.1) is 0 Å². The van der Waals surface area contributed by atoms with E-state index in [9.17, 15) is 9.59 Å². The highest BCUT2D eigenvalue weighted by atomic mass is 16.5. The van der Waals surface area contributed by atoms with E-state index >= 15 is 0 Å². The van der Waals surface area contributed by atoms with Crippen molar-refractivity contribution in [3.05, 3.63) is 54.1 Å². The third-order valence-electron chi connectivity index (χ3n) is 3.45. The Morgan fingerprint density at radius 1 is 1.00 bits per heavy atom. The van der Waals surface area contributed by atoms with E-state index in [4.69, 9.17) is 9.47 Å². The van der Waals surface area contributed by atoms with Crippen LogP contribution in [0.3, 0.4) is 0 Å². The normalized spacial score (nSPS) is 10.0. The van der Waals surface area contributed by atoms with Crippen LogP contribution >= 0.6 is 0 Å². The van der Waals surface area contributed by atoms with Gasteiger partial charge in [0, 0.05) is 13.0 Å². The Morgan fingerprint density at radius 3 is 2.40 bits per heavy atom. The molecule has 2 N–H and O–H groups in total. The van der Waals surface area contributed by atoms with Crippen molar-refractivity contribution < 1.29 is 19.1 Å². The fourth-order valence-corrected chi connectivity index (χ4v) is 2.28. The van der Waals surface area contributed by atoms with Crippen LogP contribution < -0.4 is 20.1 Å². The molecule has 2 aromatic rings. The minimum Gasteiger partial charge on any atom is -0.496 e. The fraction of sp³-hybridized carbons (Fsp3) is 0.263. The van der Waals surface area contributed by atoms with Crippen LogP contribution in [0.5, 0.6) is 11.5 Å². The molecule has 0 bridgehead atoms. The molecule has 0 aliphatic rings.